The van der Waals surface area contributed by atoms with Crippen molar-refractivity contribution >= 4 is 29.2 Å². The second kappa shape index (κ2) is 7.27. The van der Waals surface area contributed by atoms with Gasteiger partial charge in [-0.25, -0.2) is 14.2 Å². The van der Waals surface area contributed by atoms with E-state index in [1.807, 2.05) is 0 Å². The Bertz CT molecular complexity index is 1220. The van der Waals surface area contributed by atoms with Gasteiger partial charge in [-0.2, -0.15) is 0 Å². The third kappa shape index (κ3) is 3.24. The zero-order chi connectivity index (χ0) is 21.8. The molecular weight excluding hydrogens is 415 g/mol. The predicted molar refractivity (Wildman–Crippen MR) is 117 cm³/mol. The molecule has 1 aromatic carbocycles. The fourth-order valence-electron chi connectivity index (χ4n) is 4.97. The number of carbonyl (C=O) groups excluding carboxylic acids is 1. The summed E-state index contributed by atoms with van der Waals surface area (Å²) in [5.74, 6) is -1.48. The number of carbonyl (C=O) groups is 2. The summed E-state index contributed by atoms with van der Waals surface area (Å²) in [6, 6.07) is 9.47. The van der Waals surface area contributed by atoms with Gasteiger partial charge < -0.3 is 9.67 Å². The Morgan fingerprint density at radius 2 is 1.94 bits per heavy atom. The highest BCUT2D eigenvalue weighted by atomic mass is 32.1. The second-order valence-electron chi connectivity index (χ2n) is 8.48. The van der Waals surface area contributed by atoms with E-state index in [0.717, 1.165) is 47.6 Å². The number of fused-ring (bicyclic) bond motifs is 2. The standard InChI is InChI=1S/C24H21FN2O3S/c1-24-12-27-13-26-21(14-5-7-16(25)8-6-14)18(27)11-15(24)3-2-4-17(24)22(28)19-9-10-20(31-19)23(29)30/h5-11,13,17H,2-4,12H2,1H3,(H,29,30)/t17-,24+/m1/s1. The summed E-state index contributed by atoms with van der Waals surface area (Å²) < 4.78 is 15.4. The van der Waals surface area contributed by atoms with Crippen LogP contribution in [0.3, 0.4) is 0 Å². The molecule has 1 saturated carbocycles. The van der Waals surface area contributed by atoms with Crippen molar-refractivity contribution in [1.82, 2.24) is 9.55 Å². The quantitative estimate of drug-likeness (QED) is 0.546. The molecule has 0 spiro atoms. The van der Waals surface area contributed by atoms with Crippen molar-refractivity contribution in [3.63, 3.8) is 0 Å². The molecule has 0 bridgehead atoms. The molecule has 5 nitrogen and oxygen atoms in total. The summed E-state index contributed by atoms with van der Waals surface area (Å²) in [6.45, 7) is 2.77. The molecule has 3 aromatic rings. The minimum atomic E-state index is -1.01. The molecule has 5 rings (SSSR count). The number of imidazole rings is 1. The van der Waals surface area contributed by atoms with E-state index >= 15 is 0 Å². The third-order valence-electron chi connectivity index (χ3n) is 6.62. The first-order valence-corrected chi connectivity index (χ1v) is 11.1. The molecule has 0 unspecified atom stereocenters. The molecular formula is C24H21FN2O3S. The van der Waals surface area contributed by atoms with Crippen molar-refractivity contribution in [1.29, 1.82) is 0 Å². The first-order valence-electron chi connectivity index (χ1n) is 10.3. The molecule has 2 aromatic heterocycles. The van der Waals surface area contributed by atoms with Crippen molar-refractivity contribution in [2.75, 3.05) is 0 Å². The summed E-state index contributed by atoms with van der Waals surface area (Å²) in [5.41, 5.74) is 3.53. The van der Waals surface area contributed by atoms with Crippen LogP contribution in [0.5, 0.6) is 0 Å². The highest BCUT2D eigenvalue weighted by molar-refractivity contribution is 7.15. The number of carboxylic acids is 1. The number of aromatic nitrogens is 2. The number of nitrogens with zero attached hydrogens (tertiary/aromatic N) is 2. The van der Waals surface area contributed by atoms with Crippen LogP contribution in [0.2, 0.25) is 0 Å². The lowest BCUT2D eigenvalue weighted by Crippen LogP contribution is -2.42. The first kappa shape index (κ1) is 19.9. The molecule has 31 heavy (non-hydrogen) atoms. The van der Waals surface area contributed by atoms with Crippen LogP contribution in [0, 0.1) is 17.2 Å². The van der Waals surface area contributed by atoms with E-state index in [9.17, 15) is 19.1 Å². The van der Waals surface area contributed by atoms with Gasteiger partial charge in [-0.3, -0.25) is 4.79 Å². The van der Waals surface area contributed by atoms with E-state index in [-0.39, 0.29) is 27.8 Å². The molecule has 0 radical (unpaired) electrons. The van der Waals surface area contributed by atoms with Crippen molar-refractivity contribution in [3.05, 3.63) is 69.6 Å². The third-order valence-corrected chi connectivity index (χ3v) is 7.71. The lowest BCUT2D eigenvalue weighted by molar-refractivity contribution is 0.0700. The molecule has 7 heteroatoms. The van der Waals surface area contributed by atoms with Crippen LogP contribution in [-0.2, 0) is 6.54 Å². The Labute approximate surface area is 182 Å². The summed E-state index contributed by atoms with van der Waals surface area (Å²) >= 11 is 1.05. The molecule has 1 aliphatic carbocycles. The van der Waals surface area contributed by atoms with Crippen molar-refractivity contribution in [2.45, 2.75) is 32.7 Å². The Balaban J connectivity index is 1.51. The van der Waals surface area contributed by atoms with E-state index in [1.54, 1.807) is 24.5 Å². The van der Waals surface area contributed by atoms with Gasteiger partial charge >= 0.3 is 5.97 Å². The number of halogens is 1. The number of allylic oxidation sites excluding steroid dienone is 1. The number of benzene rings is 1. The molecule has 3 heterocycles. The van der Waals surface area contributed by atoms with Gasteiger partial charge in [0.15, 0.2) is 5.78 Å². The molecule has 2 aliphatic rings. The molecule has 0 amide bonds. The van der Waals surface area contributed by atoms with Gasteiger partial charge in [0.05, 0.1) is 22.6 Å². The average Bonchev–Trinajstić information content (AvgIpc) is 3.39. The fourth-order valence-corrected chi connectivity index (χ4v) is 5.81. The van der Waals surface area contributed by atoms with Crippen LogP contribution in [0.25, 0.3) is 17.3 Å². The zero-order valence-corrected chi connectivity index (χ0v) is 17.8. The Kier molecular flexibility index (Phi) is 4.66. The van der Waals surface area contributed by atoms with E-state index in [0.29, 0.717) is 11.4 Å². The Morgan fingerprint density at radius 1 is 1.19 bits per heavy atom. The Hall–Kier alpha value is -3.06. The molecule has 1 aliphatic heterocycles. The maximum absolute atomic E-state index is 13.4. The normalized spacial score (nSPS) is 22.4. The summed E-state index contributed by atoms with van der Waals surface area (Å²) in [6.07, 6.45) is 6.54. The first-order chi connectivity index (χ1) is 14.9. The number of aromatic carboxylic acids is 1. The van der Waals surface area contributed by atoms with Crippen LogP contribution in [0.1, 0.15) is 51.2 Å². The number of thiophene rings is 1. The average molecular weight is 437 g/mol. The van der Waals surface area contributed by atoms with E-state index < -0.39 is 5.97 Å². The maximum Gasteiger partial charge on any atom is 0.345 e. The number of carboxylic acid groups (broad SMARTS) is 1. The summed E-state index contributed by atoms with van der Waals surface area (Å²) in [7, 11) is 0. The molecule has 1 fully saturated rings. The molecule has 0 saturated heterocycles. The van der Waals surface area contributed by atoms with Crippen LogP contribution < -0.4 is 0 Å². The zero-order valence-electron chi connectivity index (χ0n) is 17.0. The van der Waals surface area contributed by atoms with Crippen LogP contribution >= 0.6 is 11.3 Å². The minimum absolute atomic E-state index is 0.0212. The highest BCUT2D eigenvalue weighted by Crippen LogP contribution is 2.51. The predicted octanol–water partition coefficient (Wildman–Crippen LogP) is 5.54. The largest absolute Gasteiger partial charge is 0.477 e. The van der Waals surface area contributed by atoms with Crippen LogP contribution in [0.4, 0.5) is 4.39 Å². The van der Waals surface area contributed by atoms with Crippen molar-refractivity contribution in [3.8, 4) is 11.3 Å². The van der Waals surface area contributed by atoms with E-state index in [1.165, 1.54) is 23.8 Å². The van der Waals surface area contributed by atoms with Gasteiger partial charge in [-0.15, -0.1) is 11.3 Å². The summed E-state index contributed by atoms with van der Waals surface area (Å²) in [5, 5.41) is 9.21. The van der Waals surface area contributed by atoms with Gasteiger partial charge in [0.2, 0.25) is 0 Å². The van der Waals surface area contributed by atoms with Gasteiger partial charge in [0.1, 0.15) is 10.7 Å². The van der Waals surface area contributed by atoms with Gasteiger partial charge in [-0.1, -0.05) is 12.5 Å². The molecule has 1 N–H and O–H groups in total. The Morgan fingerprint density at radius 3 is 2.65 bits per heavy atom. The van der Waals surface area contributed by atoms with Gasteiger partial charge in [0, 0.05) is 23.4 Å². The SMILES string of the molecule is C[C@]12Cn3cnc(-c4ccc(F)cc4)c3C=C1CCC[C@@H]2C(=O)c1ccc(C(=O)O)s1. The molecule has 2 atom stereocenters. The van der Waals surface area contributed by atoms with Gasteiger partial charge in [-0.05, 0) is 61.7 Å². The van der Waals surface area contributed by atoms with Crippen molar-refractivity contribution in [2.24, 2.45) is 11.3 Å². The number of hydrogen-bond donors (Lipinski definition) is 1. The van der Waals surface area contributed by atoms with Crippen LogP contribution in [0.15, 0.2) is 48.3 Å². The minimum Gasteiger partial charge on any atom is -0.477 e. The lowest BCUT2D eigenvalue weighted by Gasteiger charge is -2.45. The van der Waals surface area contributed by atoms with Crippen molar-refractivity contribution < 1.29 is 19.1 Å². The highest BCUT2D eigenvalue weighted by Gasteiger charge is 2.46. The number of ketones is 1. The number of hydrogen-bond acceptors (Lipinski definition) is 4. The fraction of sp³-hybridized carbons (Fsp3) is 0.292. The monoisotopic (exact) mass is 436 g/mol. The van der Waals surface area contributed by atoms with E-state index in [4.69, 9.17) is 0 Å². The second-order valence-corrected chi connectivity index (χ2v) is 9.56. The smallest absolute Gasteiger partial charge is 0.345 e. The lowest BCUT2D eigenvalue weighted by atomic mass is 9.61. The number of rotatable bonds is 4. The summed E-state index contributed by atoms with van der Waals surface area (Å²) in [4.78, 5) is 29.9. The maximum atomic E-state index is 13.4. The topological polar surface area (TPSA) is 72.2 Å². The van der Waals surface area contributed by atoms with Crippen LogP contribution in [-0.4, -0.2) is 26.4 Å². The van der Waals surface area contributed by atoms with Gasteiger partial charge in [0.25, 0.3) is 0 Å². The van der Waals surface area contributed by atoms with E-state index in [2.05, 4.69) is 22.6 Å². The number of Topliss-reactive ketones (excluding diaryl/α,β-unsaturated/α-hetero) is 1. The molecule has 158 valence electrons.